The van der Waals surface area contributed by atoms with Gasteiger partial charge in [-0.05, 0) is 44.5 Å². The third-order valence-electron chi connectivity index (χ3n) is 5.25. The van der Waals surface area contributed by atoms with Crippen LogP contribution in [-0.4, -0.2) is 0 Å². The van der Waals surface area contributed by atoms with Gasteiger partial charge in [-0.1, -0.05) is 148 Å². The minimum atomic E-state index is 1.14. The summed E-state index contributed by atoms with van der Waals surface area (Å²) in [6.07, 6.45) is 7.41. The zero-order valence-electron chi connectivity index (χ0n) is 18.4. The van der Waals surface area contributed by atoms with Crippen LogP contribution in [0.1, 0.15) is 22.3 Å². The second-order valence-corrected chi connectivity index (χ2v) is 7.30. The molecule has 32 heavy (non-hydrogen) atoms. The maximum atomic E-state index is 3.74. The van der Waals surface area contributed by atoms with E-state index in [9.17, 15) is 0 Å². The minimum Gasteiger partial charge on any atom is -0.0985 e. The first kappa shape index (κ1) is 22.5. The van der Waals surface area contributed by atoms with E-state index >= 15 is 0 Å². The molecule has 4 aromatic rings. The summed E-state index contributed by atoms with van der Waals surface area (Å²) in [5.41, 5.74) is 9.47. The Morgan fingerprint density at radius 2 is 0.438 bits per heavy atom. The summed E-state index contributed by atoms with van der Waals surface area (Å²) in [6.45, 7) is 15.0. The first-order chi connectivity index (χ1) is 15.7. The van der Waals surface area contributed by atoms with Gasteiger partial charge in [0.2, 0.25) is 0 Å². The molecule has 156 valence electrons. The lowest BCUT2D eigenvalue weighted by Crippen LogP contribution is -1.79. The van der Waals surface area contributed by atoms with Crippen molar-refractivity contribution in [3.8, 4) is 22.3 Å². The molecule has 0 saturated heterocycles. The van der Waals surface area contributed by atoms with Crippen molar-refractivity contribution < 1.29 is 0 Å². The molecule has 0 amide bonds. The van der Waals surface area contributed by atoms with Gasteiger partial charge >= 0.3 is 0 Å². The fraction of sp³-hybridized carbons (Fsp3) is 0. The normalized spacial score (nSPS) is 9.75. The lowest BCUT2D eigenvalue weighted by atomic mass is 10.0. The summed E-state index contributed by atoms with van der Waals surface area (Å²) < 4.78 is 0. The van der Waals surface area contributed by atoms with Gasteiger partial charge in [-0.25, -0.2) is 0 Å². The zero-order valence-corrected chi connectivity index (χ0v) is 18.4. The Morgan fingerprint density at radius 3 is 0.562 bits per heavy atom. The molecule has 0 saturated carbocycles. The highest BCUT2D eigenvalue weighted by atomic mass is 14.0. The second-order valence-electron chi connectivity index (χ2n) is 7.30. The summed E-state index contributed by atoms with van der Waals surface area (Å²) in [5.74, 6) is 0. The molecule has 0 N–H and O–H groups in total. The monoisotopic (exact) mass is 412 g/mol. The Labute approximate surface area is 192 Å². The molecule has 0 aromatic heterocycles. The first-order valence-corrected chi connectivity index (χ1v) is 10.6. The van der Waals surface area contributed by atoms with E-state index in [2.05, 4.69) is 123 Å². The highest BCUT2D eigenvalue weighted by Gasteiger charge is 1.97. The highest BCUT2D eigenvalue weighted by molar-refractivity contribution is 5.68. The predicted octanol–water partition coefficient (Wildman–Crippen LogP) is 9.28. The van der Waals surface area contributed by atoms with Gasteiger partial charge in [-0.2, -0.15) is 0 Å². The lowest BCUT2D eigenvalue weighted by molar-refractivity contribution is 1.59. The maximum Gasteiger partial charge on any atom is -0.0184 e. The number of rotatable bonds is 6. The van der Waals surface area contributed by atoms with Crippen molar-refractivity contribution in [1.82, 2.24) is 0 Å². The molecule has 0 spiro atoms. The molecule has 0 aliphatic heterocycles. The van der Waals surface area contributed by atoms with Gasteiger partial charge < -0.3 is 0 Å². The Kier molecular flexibility index (Phi) is 7.95. The molecule has 0 atom stereocenters. The SMILES string of the molecule is C=Cc1ccc(-c2ccc(C=C)cc2)cc1.C=Cc1ccc(-c2ccc(C=C)cc2)cc1. The van der Waals surface area contributed by atoms with Crippen LogP contribution in [0.4, 0.5) is 0 Å². The van der Waals surface area contributed by atoms with Crippen LogP contribution in [-0.2, 0) is 0 Å². The average molecular weight is 413 g/mol. The second kappa shape index (κ2) is 11.3. The lowest BCUT2D eigenvalue weighted by Gasteiger charge is -2.02. The van der Waals surface area contributed by atoms with Crippen LogP contribution in [0.15, 0.2) is 123 Å². The maximum absolute atomic E-state index is 3.74. The molecule has 0 heterocycles. The molecule has 0 aliphatic carbocycles. The molecule has 0 radical (unpaired) electrons. The Hall–Kier alpha value is -4.16. The van der Waals surface area contributed by atoms with Crippen LogP contribution < -0.4 is 0 Å². The van der Waals surface area contributed by atoms with Crippen molar-refractivity contribution in [2.24, 2.45) is 0 Å². The predicted molar refractivity (Wildman–Crippen MR) is 144 cm³/mol. The average Bonchev–Trinajstić information content (AvgIpc) is 2.89. The van der Waals surface area contributed by atoms with E-state index in [1.54, 1.807) is 0 Å². The number of hydrogen-bond acceptors (Lipinski definition) is 0. The van der Waals surface area contributed by atoms with Crippen molar-refractivity contribution in [2.45, 2.75) is 0 Å². The van der Waals surface area contributed by atoms with Crippen molar-refractivity contribution >= 4 is 24.3 Å². The summed E-state index contributed by atoms with van der Waals surface area (Å²) in [5, 5.41) is 0. The molecular weight excluding hydrogens is 384 g/mol. The van der Waals surface area contributed by atoms with Crippen LogP contribution >= 0.6 is 0 Å². The van der Waals surface area contributed by atoms with Crippen LogP contribution in [0.2, 0.25) is 0 Å². The van der Waals surface area contributed by atoms with Crippen LogP contribution in [0, 0.1) is 0 Å². The molecule has 4 aromatic carbocycles. The molecule has 0 heteroatoms. The quantitative estimate of drug-likeness (QED) is 0.296. The fourth-order valence-electron chi connectivity index (χ4n) is 3.25. The van der Waals surface area contributed by atoms with E-state index in [-0.39, 0.29) is 0 Å². The highest BCUT2D eigenvalue weighted by Crippen LogP contribution is 2.22. The molecule has 0 fully saturated rings. The van der Waals surface area contributed by atoms with Crippen molar-refractivity contribution in [3.05, 3.63) is 146 Å². The van der Waals surface area contributed by atoms with Gasteiger partial charge in [0.15, 0.2) is 0 Å². The Bertz CT molecular complexity index is 973. The fourth-order valence-corrected chi connectivity index (χ4v) is 3.25. The summed E-state index contributed by atoms with van der Waals surface area (Å²) in [4.78, 5) is 0. The van der Waals surface area contributed by atoms with Crippen LogP contribution in [0.3, 0.4) is 0 Å². The van der Waals surface area contributed by atoms with E-state index < -0.39 is 0 Å². The third-order valence-corrected chi connectivity index (χ3v) is 5.25. The van der Waals surface area contributed by atoms with E-state index in [4.69, 9.17) is 0 Å². The van der Waals surface area contributed by atoms with Gasteiger partial charge in [-0.3, -0.25) is 0 Å². The van der Waals surface area contributed by atoms with Gasteiger partial charge in [-0.15, -0.1) is 0 Å². The van der Waals surface area contributed by atoms with Crippen molar-refractivity contribution in [1.29, 1.82) is 0 Å². The molecule has 0 bridgehead atoms. The molecule has 0 unspecified atom stereocenters. The summed E-state index contributed by atoms with van der Waals surface area (Å²) in [6, 6.07) is 33.5. The van der Waals surface area contributed by atoms with Gasteiger partial charge in [0.25, 0.3) is 0 Å². The van der Waals surface area contributed by atoms with Crippen LogP contribution in [0.25, 0.3) is 46.6 Å². The van der Waals surface area contributed by atoms with Gasteiger partial charge in [0.05, 0.1) is 0 Å². The van der Waals surface area contributed by atoms with E-state index in [0.717, 1.165) is 22.3 Å². The Balaban J connectivity index is 0.000000181. The van der Waals surface area contributed by atoms with Gasteiger partial charge in [0.1, 0.15) is 0 Å². The number of hydrogen-bond donors (Lipinski definition) is 0. The van der Waals surface area contributed by atoms with E-state index in [0.29, 0.717) is 0 Å². The van der Waals surface area contributed by atoms with E-state index in [1.165, 1.54) is 22.3 Å². The van der Waals surface area contributed by atoms with Crippen LogP contribution in [0.5, 0.6) is 0 Å². The zero-order chi connectivity index (χ0) is 22.8. The largest absolute Gasteiger partial charge is 0.0985 e. The minimum absolute atomic E-state index is 1.14. The molecule has 4 rings (SSSR count). The van der Waals surface area contributed by atoms with Gasteiger partial charge in [0, 0.05) is 0 Å². The summed E-state index contributed by atoms with van der Waals surface area (Å²) >= 11 is 0. The van der Waals surface area contributed by atoms with E-state index in [1.807, 2.05) is 24.3 Å². The topological polar surface area (TPSA) is 0 Å². The third kappa shape index (κ3) is 5.93. The summed E-state index contributed by atoms with van der Waals surface area (Å²) in [7, 11) is 0. The van der Waals surface area contributed by atoms with Crippen molar-refractivity contribution in [2.75, 3.05) is 0 Å². The molecular formula is C32H28. The molecule has 0 aliphatic rings. The first-order valence-electron chi connectivity index (χ1n) is 10.6. The smallest absolute Gasteiger partial charge is 0.0184 e. The Morgan fingerprint density at radius 1 is 0.281 bits per heavy atom. The number of benzene rings is 4. The standard InChI is InChI=1S/2C16H14/c2*1-3-13-5-9-15(10-6-13)16-11-7-14(4-2)8-12-16/h2*3-12H,1-2H2. The molecule has 0 nitrogen and oxygen atoms in total. The van der Waals surface area contributed by atoms with Crippen molar-refractivity contribution in [3.63, 3.8) is 0 Å².